The molecule has 0 fully saturated rings. The normalized spacial score (nSPS) is 22.2. The number of carbonyl (C=O) groups excluding carboxylic acids is 2. The molecule has 0 heterocycles. The van der Waals surface area contributed by atoms with Gasteiger partial charge in [-0.1, -0.05) is 80.4 Å². The third-order valence-corrected chi connectivity index (χ3v) is 6.58. The molecule has 1 unspecified atom stereocenters. The lowest BCUT2D eigenvalue weighted by Crippen LogP contribution is -2.14. The van der Waals surface area contributed by atoms with Crippen LogP contribution in [0.25, 0.3) is 21.5 Å². The van der Waals surface area contributed by atoms with Crippen LogP contribution in [-0.4, -0.2) is 49.8 Å². The second-order valence-corrected chi connectivity index (χ2v) is 9.57. The van der Waals surface area contributed by atoms with E-state index < -0.39 is 72.9 Å². The van der Waals surface area contributed by atoms with E-state index in [1.807, 2.05) is 0 Å². The summed E-state index contributed by atoms with van der Waals surface area (Å²) in [5.74, 6) is -6.00. The fourth-order valence-electron chi connectivity index (χ4n) is 3.80. The number of methoxy groups -OCH3 is 2. The third-order valence-electron chi connectivity index (χ3n) is 6.18. The smallest absolute Gasteiger partial charge is 0.313 e. The van der Waals surface area contributed by atoms with Crippen LogP contribution in [0.4, 0.5) is 0 Å². The molecule has 6 nitrogen and oxygen atoms in total. The third kappa shape index (κ3) is 10.5. The Morgan fingerprint density at radius 1 is 0.636 bits per heavy atom. The molecular formula is C36H42Br2O6. The molecule has 8 heteroatoms. The maximum Gasteiger partial charge on any atom is 0.313 e. The summed E-state index contributed by atoms with van der Waals surface area (Å²) in [4.78, 5) is 25.4. The van der Waals surface area contributed by atoms with Gasteiger partial charge in [-0.3, -0.25) is 9.59 Å². The summed E-state index contributed by atoms with van der Waals surface area (Å²) in [5.41, 5.74) is 0.288. The largest absolute Gasteiger partial charge is 0.497 e. The van der Waals surface area contributed by atoms with Crippen LogP contribution < -0.4 is 9.47 Å². The Hall–Kier alpha value is -3.10. The molecule has 0 aliphatic carbocycles. The van der Waals surface area contributed by atoms with E-state index in [4.69, 9.17) is 34.1 Å². The number of ether oxygens (including phenoxy) is 4. The number of carbonyl (C=O) groups is 2. The van der Waals surface area contributed by atoms with Crippen LogP contribution in [0.15, 0.2) is 72.8 Å². The van der Waals surface area contributed by atoms with Gasteiger partial charge in [-0.25, -0.2) is 0 Å². The molecule has 0 N–H and O–H groups in total. The van der Waals surface area contributed by atoms with Crippen molar-refractivity contribution in [2.75, 3.05) is 37.9 Å². The van der Waals surface area contributed by atoms with E-state index >= 15 is 0 Å². The number of alkyl halides is 2. The summed E-state index contributed by atoms with van der Waals surface area (Å²) in [6.07, 6.45) is -14.0. The topological polar surface area (TPSA) is 71.1 Å². The fourth-order valence-corrected chi connectivity index (χ4v) is 4.00. The van der Waals surface area contributed by atoms with Crippen LogP contribution in [0, 0.1) is 0 Å². The molecule has 0 saturated carbocycles. The zero-order chi connectivity index (χ0) is 48.1. The first kappa shape index (κ1) is 17.6. The lowest BCUT2D eigenvalue weighted by atomic mass is 9.98. The molecule has 4 rings (SSSR count). The fraction of sp³-hybridized carbons (Fsp3) is 0.389. The van der Waals surface area contributed by atoms with Crippen LogP contribution in [0.3, 0.4) is 0 Å². The molecule has 0 aliphatic rings. The number of benzene rings is 4. The van der Waals surface area contributed by atoms with E-state index in [0.29, 0.717) is 22.3 Å². The van der Waals surface area contributed by atoms with Crippen LogP contribution in [-0.2, 0) is 19.1 Å². The van der Waals surface area contributed by atoms with Gasteiger partial charge in [0.05, 0.1) is 44.6 Å². The summed E-state index contributed by atoms with van der Waals surface area (Å²) >= 11 is 4.74. The van der Waals surface area contributed by atoms with Crippen molar-refractivity contribution in [1.82, 2.24) is 0 Å². The predicted octanol–water partition coefficient (Wildman–Crippen LogP) is 9.34. The lowest BCUT2D eigenvalue weighted by molar-refractivity contribution is -0.146. The van der Waals surface area contributed by atoms with Gasteiger partial charge in [0.15, 0.2) is 0 Å². The monoisotopic (exact) mass is 746 g/mol. The standard InChI is InChI=1S/2C18H21BrO3/c2*1-13(18(20)22-10-4-3-9-19)14-5-6-16-12-17(21-2)8-7-15(16)11-14/h2*5-8,11-13H,3-4,9-10H2,1-2H3/t13-;/m0./s1/i2*3D2,4D2,9D2,10D2,13D. The number of hydrogen-bond donors (Lipinski definition) is 0. The van der Waals surface area contributed by atoms with E-state index in [-0.39, 0.29) is 11.1 Å². The molecule has 4 aromatic rings. The average Bonchev–Trinajstić information content (AvgIpc) is 3.15. The van der Waals surface area contributed by atoms with E-state index in [0.717, 1.165) is 24.6 Å². The van der Waals surface area contributed by atoms with Crippen LogP contribution in [0.2, 0.25) is 0 Å². The highest BCUT2D eigenvalue weighted by molar-refractivity contribution is 9.09. The Balaban J connectivity index is 0.000000330. The summed E-state index contributed by atoms with van der Waals surface area (Å²) in [5, 5.41) is -3.04. The summed E-state index contributed by atoms with van der Waals surface area (Å²) in [7, 11) is 3.03. The van der Waals surface area contributed by atoms with Crippen LogP contribution in [0.1, 0.15) is 86.9 Å². The predicted molar refractivity (Wildman–Crippen MR) is 186 cm³/mol. The van der Waals surface area contributed by atoms with Crippen LogP contribution in [0.5, 0.6) is 11.5 Å². The first-order valence-corrected chi connectivity index (χ1v) is 14.4. The van der Waals surface area contributed by atoms with E-state index in [2.05, 4.69) is 41.3 Å². The quantitative estimate of drug-likeness (QED) is 0.0946. The minimum Gasteiger partial charge on any atom is -0.497 e. The molecule has 0 aromatic heterocycles. The van der Waals surface area contributed by atoms with Gasteiger partial charge in [0.2, 0.25) is 0 Å². The zero-order valence-electron chi connectivity index (χ0n) is 42.1. The highest BCUT2D eigenvalue weighted by atomic mass is 79.9. The Kier molecular flexibility index (Phi) is 7.44. The minimum atomic E-state index is -3.60. The minimum absolute atomic E-state index is 0.144. The summed E-state index contributed by atoms with van der Waals surface area (Å²) in [6.45, 7) is -4.88. The van der Waals surface area contributed by atoms with Crippen molar-refractivity contribution >= 4 is 65.3 Å². The molecule has 0 spiro atoms. The van der Waals surface area contributed by atoms with E-state index in [1.165, 1.54) is 38.5 Å². The number of fused-ring (bicyclic) bond motifs is 2. The molecule has 0 bridgehead atoms. The summed E-state index contributed by atoms with van der Waals surface area (Å²) in [6, 6.07) is 19.6. The summed E-state index contributed by atoms with van der Waals surface area (Å²) < 4.78 is 160. The van der Waals surface area contributed by atoms with Crippen molar-refractivity contribution in [3.05, 3.63) is 83.9 Å². The van der Waals surface area contributed by atoms with Gasteiger partial charge < -0.3 is 18.9 Å². The van der Waals surface area contributed by atoms with Crippen molar-refractivity contribution in [3.63, 3.8) is 0 Å². The molecule has 4 aromatic carbocycles. The zero-order valence-corrected chi connectivity index (χ0v) is 27.3. The van der Waals surface area contributed by atoms with Crippen molar-refractivity contribution in [2.24, 2.45) is 0 Å². The maximum atomic E-state index is 12.7. The molecular weight excluding hydrogens is 688 g/mol. The second kappa shape index (κ2) is 18.6. The Bertz CT molecular complexity index is 2130. The highest BCUT2D eigenvalue weighted by Gasteiger charge is 2.18. The molecule has 44 heavy (non-hydrogen) atoms. The van der Waals surface area contributed by atoms with Gasteiger partial charge in [-0.15, -0.1) is 0 Å². The van der Waals surface area contributed by atoms with Crippen molar-refractivity contribution in [3.8, 4) is 11.5 Å². The van der Waals surface area contributed by atoms with Gasteiger partial charge in [0.1, 0.15) is 11.5 Å². The van der Waals surface area contributed by atoms with Crippen molar-refractivity contribution in [2.45, 2.75) is 51.1 Å². The second-order valence-electron chi connectivity index (χ2n) is 8.78. The number of rotatable bonds is 14. The van der Waals surface area contributed by atoms with Gasteiger partial charge in [-0.2, -0.15) is 0 Å². The average molecular weight is 749 g/mol. The highest BCUT2D eigenvalue weighted by Crippen LogP contribution is 2.27. The Morgan fingerprint density at radius 3 is 1.36 bits per heavy atom. The molecule has 0 radical (unpaired) electrons. The van der Waals surface area contributed by atoms with Crippen molar-refractivity contribution in [1.29, 1.82) is 0 Å². The Labute approximate surface area is 302 Å². The van der Waals surface area contributed by atoms with Gasteiger partial charge in [0.25, 0.3) is 0 Å². The lowest BCUT2D eigenvalue weighted by Gasteiger charge is -2.13. The first-order chi connectivity index (χ1) is 27.8. The first-order valence-electron chi connectivity index (χ1n) is 21.8. The van der Waals surface area contributed by atoms with Gasteiger partial charge in [-0.05, 0) is 96.3 Å². The van der Waals surface area contributed by atoms with Gasteiger partial charge in [0, 0.05) is 29.8 Å². The maximum absolute atomic E-state index is 12.7. The SMILES string of the molecule is [2H]C(C)(C(=O)OC([2H])([2H])C([2H])([2H])C([2H])([2H])C([2H])([2H])Br)c1ccc2cc(OC)ccc2c1.[2H]C([2H])(Br)C([2H])([2H])C([2H])([2H])C([2H])([2H])OC(=O)[C@@]([2H])(C)c1ccc2cc(OC)ccc2c1. The Morgan fingerprint density at radius 2 is 1.00 bits per heavy atom. The molecule has 0 saturated heterocycles. The molecule has 0 amide bonds. The number of esters is 2. The van der Waals surface area contributed by atoms with E-state index in [9.17, 15) is 9.59 Å². The van der Waals surface area contributed by atoms with Crippen LogP contribution >= 0.6 is 31.9 Å². The number of halogens is 2. The van der Waals surface area contributed by atoms with Crippen molar-refractivity contribution < 1.29 is 53.2 Å². The van der Waals surface area contributed by atoms with Gasteiger partial charge >= 0.3 is 11.9 Å². The number of hydrogen-bond acceptors (Lipinski definition) is 6. The molecule has 2 atom stereocenters. The van der Waals surface area contributed by atoms with E-state index in [1.54, 1.807) is 48.5 Å². The molecule has 236 valence electrons. The molecule has 0 aliphatic heterocycles.